The minimum absolute atomic E-state index is 0.0498. The summed E-state index contributed by atoms with van der Waals surface area (Å²) < 4.78 is 41.4. The highest BCUT2D eigenvalue weighted by molar-refractivity contribution is 7.90. The van der Waals surface area contributed by atoms with E-state index in [-0.39, 0.29) is 41.2 Å². The van der Waals surface area contributed by atoms with E-state index in [0.29, 0.717) is 56.6 Å². The van der Waals surface area contributed by atoms with Gasteiger partial charge < -0.3 is 24.4 Å². The molecule has 1 aliphatic carbocycles. The van der Waals surface area contributed by atoms with E-state index in [4.69, 9.17) is 59.2 Å². The highest BCUT2D eigenvalue weighted by Crippen LogP contribution is 2.37. The SMILES string of the molecule is CCOC(=O)/C(Cl)=C/c1cc(N2C(=O)C3=C(CCCC3)C2=O)ccc1Cl.COc1nc(C)nc(N(C)C(=O)NS(=O)(=O)c2ccccc2C(=O)O)n1.O=C(O)COc1ccc(Cl)c2cccnc12. The molecule has 20 nitrogen and oxygen atoms in total. The average Bonchev–Trinajstić information content (AvgIpc) is 3.57. The molecule has 0 atom stereocenters. The van der Waals surface area contributed by atoms with Crippen molar-refractivity contribution in [2.45, 2.75) is 44.4 Å². The number of carboxylic acid groups (broad SMARTS) is 2. The van der Waals surface area contributed by atoms with E-state index in [1.54, 1.807) is 67.2 Å². The molecule has 3 N–H and O–H groups in total. The monoisotopic (exact) mass is 1010 g/mol. The molecule has 0 saturated carbocycles. The van der Waals surface area contributed by atoms with Crippen LogP contribution in [0, 0.1) is 6.92 Å². The quantitative estimate of drug-likeness (QED) is 0.0644. The van der Waals surface area contributed by atoms with Gasteiger partial charge in [0.15, 0.2) is 6.61 Å². The number of urea groups is 1. The molecule has 2 aromatic heterocycles. The number of fused-ring (bicyclic) bond motifs is 1. The summed E-state index contributed by atoms with van der Waals surface area (Å²) in [6.45, 7) is 3.02. The zero-order valence-corrected chi connectivity index (χ0v) is 39.4. The number of amides is 4. The number of aliphatic carboxylic acids is 1. The number of carbonyl (C=O) groups is 6. The zero-order valence-electron chi connectivity index (χ0n) is 36.4. The van der Waals surface area contributed by atoms with Crippen LogP contribution in [0.4, 0.5) is 16.4 Å². The third kappa shape index (κ3) is 12.6. The summed E-state index contributed by atoms with van der Waals surface area (Å²) in [4.78, 5) is 88.1. The number of methoxy groups -OCH3 is 1. The number of carbonyl (C=O) groups excluding carboxylic acids is 4. The van der Waals surface area contributed by atoms with Gasteiger partial charge in [0.1, 0.15) is 27.0 Å². The Morgan fingerprint density at radius 3 is 2.21 bits per heavy atom. The van der Waals surface area contributed by atoms with Crippen LogP contribution < -0.4 is 24.0 Å². The van der Waals surface area contributed by atoms with Gasteiger partial charge in [-0.25, -0.2) is 37.2 Å². The lowest BCUT2D eigenvalue weighted by atomic mass is 9.93. The van der Waals surface area contributed by atoms with Crippen LogP contribution in [0.2, 0.25) is 10.0 Å². The second kappa shape index (κ2) is 23.0. The summed E-state index contributed by atoms with van der Waals surface area (Å²) in [5.74, 6) is -3.16. The second-order valence-corrected chi connectivity index (χ2v) is 17.0. The fourth-order valence-electron chi connectivity index (χ4n) is 6.41. The van der Waals surface area contributed by atoms with Crippen molar-refractivity contribution in [1.82, 2.24) is 24.7 Å². The maximum Gasteiger partial charge on any atom is 0.349 e. The Morgan fingerprint density at radius 1 is 0.912 bits per heavy atom. The summed E-state index contributed by atoms with van der Waals surface area (Å²) in [6.07, 6.45) is 6.05. The van der Waals surface area contributed by atoms with Crippen LogP contribution in [0.1, 0.15) is 54.4 Å². The standard InChI is InChI=1S/C19H17Cl2NO4.C14H15N5O6S.C11H8ClNO3/c1-2-26-19(25)16(21)10-11-9-12(7-8-15(11)20)22-17(23)13-5-3-4-6-14(13)18(22)24;1-8-15-12(17-13(16-8)25-3)19(2)14(22)18-26(23,24)10-7-5-4-6-9(10)11(20)21;12-8-3-4-9(16-6-10(14)15)11-7(8)2-1-5-13-11/h7-10H,2-6H2,1H3;4-7H,1-3H3,(H,18,22)(H,20,21);1-5H,6H2,(H,14,15)/b16-10-;;. The van der Waals surface area contributed by atoms with Crippen LogP contribution in [-0.2, 0) is 33.9 Å². The number of rotatable bonds is 12. The summed E-state index contributed by atoms with van der Waals surface area (Å²) in [5, 5.41) is 19.1. The molecule has 0 radical (unpaired) electrons. The molecule has 7 rings (SSSR count). The van der Waals surface area contributed by atoms with Gasteiger partial charge in [0.2, 0.25) is 5.95 Å². The molecule has 5 aromatic rings. The van der Waals surface area contributed by atoms with Crippen molar-refractivity contribution in [2.24, 2.45) is 0 Å². The fraction of sp³-hybridized carbons (Fsp3) is 0.227. The summed E-state index contributed by atoms with van der Waals surface area (Å²) in [5.41, 5.74) is 2.14. The van der Waals surface area contributed by atoms with Gasteiger partial charge in [-0.1, -0.05) is 46.9 Å². The van der Waals surface area contributed by atoms with Crippen molar-refractivity contribution < 1.29 is 61.6 Å². The molecule has 1 aliphatic heterocycles. The number of halogens is 3. The molecule has 356 valence electrons. The number of hydrogen-bond donors (Lipinski definition) is 3. The number of aromatic nitrogens is 4. The van der Waals surface area contributed by atoms with E-state index in [1.165, 1.54) is 37.3 Å². The molecule has 68 heavy (non-hydrogen) atoms. The normalized spacial score (nSPS) is 13.3. The molecule has 2 aliphatic rings. The van der Waals surface area contributed by atoms with Gasteiger partial charge in [-0.05, 0) is 106 Å². The predicted octanol–water partition coefficient (Wildman–Crippen LogP) is 7.00. The molecule has 0 fully saturated rings. The molecular weight excluding hydrogens is 973 g/mol. The van der Waals surface area contributed by atoms with E-state index in [1.807, 2.05) is 0 Å². The Labute approximate surface area is 403 Å². The fourth-order valence-corrected chi connectivity index (χ4v) is 8.15. The highest BCUT2D eigenvalue weighted by atomic mass is 35.5. The lowest BCUT2D eigenvalue weighted by Gasteiger charge is -2.17. The number of esters is 1. The third-order valence-corrected chi connectivity index (χ3v) is 11.9. The minimum atomic E-state index is -4.44. The van der Waals surface area contributed by atoms with Crippen molar-refractivity contribution in [3.05, 3.63) is 116 Å². The average molecular weight is 1010 g/mol. The maximum absolute atomic E-state index is 12.7. The maximum atomic E-state index is 12.7. The van der Waals surface area contributed by atoms with Crippen molar-refractivity contribution in [2.75, 3.05) is 37.2 Å². The molecule has 3 aromatic carbocycles. The number of carboxylic acids is 2. The predicted molar refractivity (Wildman–Crippen MR) is 248 cm³/mol. The molecule has 24 heteroatoms. The zero-order chi connectivity index (χ0) is 49.9. The van der Waals surface area contributed by atoms with E-state index in [9.17, 15) is 37.2 Å². The van der Waals surface area contributed by atoms with Crippen LogP contribution in [0.5, 0.6) is 11.8 Å². The van der Waals surface area contributed by atoms with E-state index in [0.717, 1.165) is 35.3 Å². The lowest BCUT2D eigenvalue weighted by molar-refractivity contribution is -0.139. The number of anilines is 2. The van der Waals surface area contributed by atoms with Crippen LogP contribution in [0.25, 0.3) is 17.0 Å². The number of nitrogens with zero attached hydrogens (tertiary/aromatic N) is 6. The first-order valence-electron chi connectivity index (χ1n) is 20.0. The topological polar surface area (TPSA) is 275 Å². The molecule has 0 saturated heterocycles. The summed E-state index contributed by atoms with van der Waals surface area (Å²) >= 11 is 18.1. The van der Waals surface area contributed by atoms with Gasteiger partial charge in [0.25, 0.3) is 21.8 Å². The second-order valence-electron chi connectivity index (χ2n) is 14.1. The third-order valence-electron chi connectivity index (χ3n) is 9.54. The Kier molecular flexibility index (Phi) is 17.5. The first-order valence-corrected chi connectivity index (χ1v) is 22.6. The largest absolute Gasteiger partial charge is 0.480 e. The van der Waals surface area contributed by atoms with Crippen molar-refractivity contribution >= 4 is 109 Å². The summed E-state index contributed by atoms with van der Waals surface area (Å²) in [6, 6.07) is 15.3. The van der Waals surface area contributed by atoms with Crippen molar-refractivity contribution in [3.63, 3.8) is 0 Å². The highest BCUT2D eigenvalue weighted by Gasteiger charge is 2.40. The van der Waals surface area contributed by atoms with Crippen molar-refractivity contribution in [3.8, 4) is 11.8 Å². The minimum Gasteiger partial charge on any atom is -0.480 e. The Bertz CT molecular complexity index is 2960. The number of sulfonamides is 1. The van der Waals surface area contributed by atoms with E-state index < -0.39 is 51.0 Å². The van der Waals surface area contributed by atoms with E-state index in [2.05, 4.69) is 19.9 Å². The van der Waals surface area contributed by atoms with Crippen LogP contribution >= 0.6 is 34.8 Å². The number of pyridine rings is 1. The number of benzene rings is 3. The van der Waals surface area contributed by atoms with Gasteiger partial charge in [0.05, 0.1) is 30.0 Å². The number of aromatic carboxylic acids is 1. The van der Waals surface area contributed by atoms with Gasteiger partial charge >= 0.3 is 29.9 Å². The molecular formula is C44H40Cl3N7O13S. The number of aryl methyl sites for hydroxylation is 1. The number of ether oxygens (including phenoxy) is 3. The number of imide groups is 1. The van der Waals surface area contributed by atoms with E-state index >= 15 is 0 Å². The van der Waals surface area contributed by atoms with Crippen molar-refractivity contribution in [1.29, 1.82) is 0 Å². The van der Waals surface area contributed by atoms with Gasteiger partial charge in [-0.3, -0.25) is 19.5 Å². The van der Waals surface area contributed by atoms with Crippen LogP contribution in [0.3, 0.4) is 0 Å². The lowest BCUT2D eigenvalue weighted by Crippen LogP contribution is -2.42. The van der Waals surface area contributed by atoms with Crippen LogP contribution in [0.15, 0.2) is 94.0 Å². The molecule has 3 heterocycles. The first-order chi connectivity index (χ1) is 32.3. The smallest absolute Gasteiger partial charge is 0.349 e. The molecule has 0 unspecified atom stereocenters. The Morgan fingerprint density at radius 2 is 1.57 bits per heavy atom. The summed E-state index contributed by atoms with van der Waals surface area (Å²) in [7, 11) is -1.87. The number of nitrogens with one attached hydrogen (secondary N) is 1. The van der Waals surface area contributed by atoms with Crippen LogP contribution in [-0.4, -0.2) is 102 Å². The molecule has 4 amide bonds. The van der Waals surface area contributed by atoms with Gasteiger partial charge in [-0.2, -0.15) is 15.0 Å². The van der Waals surface area contributed by atoms with Gasteiger partial charge in [0, 0.05) is 34.8 Å². The van der Waals surface area contributed by atoms with Gasteiger partial charge in [-0.15, -0.1) is 0 Å². The Balaban J connectivity index is 0.000000196. The first kappa shape index (κ1) is 51.8. The number of hydrogen-bond acceptors (Lipinski definition) is 15. The molecule has 0 bridgehead atoms. The molecule has 0 spiro atoms. The Hall–Kier alpha value is -7.20.